The average molecular weight is 379 g/mol. The average Bonchev–Trinajstić information content (AvgIpc) is 3.11. The Labute approximate surface area is 162 Å². The predicted molar refractivity (Wildman–Crippen MR) is 101 cm³/mol. The summed E-state index contributed by atoms with van der Waals surface area (Å²) in [5, 5.41) is 11.2. The molecule has 4 rings (SSSR count). The van der Waals surface area contributed by atoms with Gasteiger partial charge in [0.15, 0.2) is 5.79 Å². The number of aliphatic hydroxyl groups is 1. The van der Waals surface area contributed by atoms with E-state index < -0.39 is 17.8 Å². The first kappa shape index (κ1) is 19.4. The summed E-state index contributed by atoms with van der Waals surface area (Å²) in [6, 6.07) is 0. The Kier molecular flexibility index (Phi) is 4.34. The largest absolute Gasteiger partial charge is 0.469 e. The number of hydrogen-bond donors (Lipinski definition) is 1. The van der Waals surface area contributed by atoms with Crippen molar-refractivity contribution in [2.75, 3.05) is 20.3 Å². The van der Waals surface area contributed by atoms with Crippen LogP contribution in [0.5, 0.6) is 0 Å². The van der Waals surface area contributed by atoms with Crippen molar-refractivity contribution in [2.45, 2.75) is 71.7 Å². The summed E-state index contributed by atoms with van der Waals surface area (Å²) in [6.07, 6.45) is 5.82. The van der Waals surface area contributed by atoms with Gasteiger partial charge in [0.05, 0.1) is 32.3 Å². The maximum atomic E-state index is 12.2. The third-order valence-electron chi connectivity index (χ3n) is 8.65. The SMILES string of the molecule is COC(=O)[C@H]1CC=C2[C@@](C)(CC[C@H]3C(C)(C)C4(CC[C@]23C)OCCO4)C1O. The molecule has 27 heavy (non-hydrogen) atoms. The molecule has 1 spiro atoms. The van der Waals surface area contributed by atoms with Gasteiger partial charge in [0.25, 0.3) is 0 Å². The molecule has 152 valence electrons. The van der Waals surface area contributed by atoms with Crippen LogP contribution in [0, 0.1) is 28.1 Å². The Morgan fingerprint density at radius 1 is 1.11 bits per heavy atom. The molecule has 1 aliphatic heterocycles. The first-order valence-corrected chi connectivity index (χ1v) is 10.4. The van der Waals surface area contributed by atoms with E-state index in [1.165, 1.54) is 12.7 Å². The fourth-order valence-corrected chi connectivity index (χ4v) is 7.15. The van der Waals surface area contributed by atoms with Crippen LogP contribution in [0.2, 0.25) is 0 Å². The second-order valence-corrected chi connectivity index (χ2v) is 10.0. The molecule has 3 fully saturated rings. The molecule has 0 radical (unpaired) electrons. The summed E-state index contributed by atoms with van der Waals surface area (Å²) in [5.41, 5.74) is 0.835. The molecule has 3 aliphatic carbocycles. The van der Waals surface area contributed by atoms with E-state index in [1.807, 2.05) is 0 Å². The molecular weight excluding hydrogens is 344 g/mol. The molecule has 0 amide bonds. The van der Waals surface area contributed by atoms with Crippen LogP contribution in [0.4, 0.5) is 0 Å². The number of carbonyl (C=O) groups is 1. The molecule has 1 heterocycles. The van der Waals surface area contributed by atoms with Crippen molar-refractivity contribution >= 4 is 5.97 Å². The van der Waals surface area contributed by atoms with Gasteiger partial charge in [0.1, 0.15) is 0 Å². The van der Waals surface area contributed by atoms with Crippen molar-refractivity contribution < 1.29 is 24.1 Å². The number of ether oxygens (including phenoxy) is 3. The molecule has 2 saturated carbocycles. The fourth-order valence-electron chi connectivity index (χ4n) is 7.15. The van der Waals surface area contributed by atoms with Crippen LogP contribution < -0.4 is 0 Å². The second kappa shape index (κ2) is 6.04. The molecule has 0 bridgehead atoms. The first-order valence-electron chi connectivity index (χ1n) is 10.4. The van der Waals surface area contributed by atoms with Gasteiger partial charge in [-0.15, -0.1) is 0 Å². The number of hydrogen-bond acceptors (Lipinski definition) is 5. The van der Waals surface area contributed by atoms with Crippen molar-refractivity contribution in [1.29, 1.82) is 0 Å². The molecule has 5 atom stereocenters. The normalized spacial score (nSPS) is 45.0. The van der Waals surface area contributed by atoms with Crippen molar-refractivity contribution in [1.82, 2.24) is 0 Å². The Morgan fingerprint density at radius 2 is 1.78 bits per heavy atom. The number of fused-ring (bicyclic) bond motifs is 3. The zero-order valence-corrected chi connectivity index (χ0v) is 17.3. The summed E-state index contributed by atoms with van der Waals surface area (Å²) >= 11 is 0. The van der Waals surface area contributed by atoms with Gasteiger partial charge >= 0.3 is 5.97 Å². The van der Waals surface area contributed by atoms with Crippen LogP contribution in [0.1, 0.15) is 59.8 Å². The van der Waals surface area contributed by atoms with E-state index in [0.29, 0.717) is 25.6 Å². The summed E-state index contributed by atoms with van der Waals surface area (Å²) in [4.78, 5) is 12.2. The number of allylic oxidation sites excluding steroid dienone is 1. The fraction of sp³-hybridized carbons (Fsp3) is 0.864. The van der Waals surface area contributed by atoms with Gasteiger partial charge in [-0.05, 0) is 37.0 Å². The highest BCUT2D eigenvalue weighted by atomic mass is 16.7. The van der Waals surface area contributed by atoms with E-state index in [2.05, 4.69) is 33.8 Å². The van der Waals surface area contributed by atoms with Crippen LogP contribution in [0.25, 0.3) is 0 Å². The maximum Gasteiger partial charge on any atom is 0.311 e. The van der Waals surface area contributed by atoms with E-state index in [1.54, 1.807) is 0 Å². The number of esters is 1. The molecule has 0 aromatic heterocycles. The molecule has 1 N–H and O–H groups in total. The van der Waals surface area contributed by atoms with Crippen molar-refractivity contribution in [3.63, 3.8) is 0 Å². The van der Waals surface area contributed by atoms with Gasteiger partial charge in [-0.2, -0.15) is 0 Å². The van der Waals surface area contributed by atoms with E-state index in [9.17, 15) is 9.90 Å². The molecule has 1 unspecified atom stereocenters. The lowest BCUT2D eigenvalue weighted by Gasteiger charge is -2.65. The third-order valence-corrected chi connectivity index (χ3v) is 8.65. The number of carbonyl (C=O) groups excluding carboxylic acids is 1. The lowest BCUT2D eigenvalue weighted by molar-refractivity contribution is -0.286. The van der Waals surface area contributed by atoms with E-state index >= 15 is 0 Å². The van der Waals surface area contributed by atoms with Crippen molar-refractivity contribution in [3.8, 4) is 0 Å². The highest BCUT2D eigenvalue weighted by molar-refractivity contribution is 5.74. The second-order valence-electron chi connectivity index (χ2n) is 10.0. The highest BCUT2D eigenvalue weighted by Crippen LogP contribution is 2.69. The summed E-state index contributed by atoms with van der Waals surface area (Å²) in [5.74, 6) is -0.832. The van der Waals surface area contributed by atoms with E-state index in [4.69, 9.17) is 14.2 Å². The predicted octanol–water partition coefficient (Wildman–Crippen LogP) is 3.45. The third kappa shape index (κ3) is 2.37. The molecule has 0 aromatic rings. The lowest BCUT2D eigenvalue weighted by Crippen LogP contribution is -2.63. The van der Waals surface area contributed by atoms with E-state index in [0.717, 1.165) is 25.7 Å². The molecule has 4 aliphatic rings. The Bertz CT molecular complexity index is 662. The Balaban J connectivity index is 1.73. The standard InChI is InChI=1S/C22H34O5/c1-19(2)15-8-9-21(4)16(7-6-14(17(21)23)18(24)25-5)20(15,3)10-11-22(19)26-12-13-27-22/h7,14-15,17,23H,6,8-13H2,1-5H3/t14-,15-,17?,20-,21+/m0/s1. The highest BCUT2D eigenvalue weighted by Gasteiger charge is 2.67. The summed E-state index contributed by atoms with van der Waals surface area (Å²) in [6.45, 7) is 10.4. The minimum Gasteiger partial charge on any atom is -0.469 e. The molecule has 0 aromatic carbocycles. The topological polar surface area (TPSA) is 65.0 Å². The zero-order valence-electron chi connectivity index (χ0n) is 17.3. The Hall–Kier alpha value is -0.910. The summed E-state index contributed by atoms with van der Waals surface area (Å²) in [7, 11) is 1.40. The minimum atomic E-state index is -0.694. The lowest BCUT2D eigenvalue weighted by atomic mass is 9.42. The molecule has 1 saturated heterocycles. The van der Waals surface area contributed by atoms with Crippen molar-refractivity contribution in [3.05, 3.63) is 11.6 Å². The van der Waals surface area contributed by atoms with E-state index in [-0.39, 0.29) is 22.2 Å². The van der Waals surface area contributed by atoms with Gasteiger partial charge < -0.3 is 19.3 Å². The zero-order chi connectivity index (χ0) is 19.7. The minimum absolute atomic E-state index is 0.0148. The number of aliphatic hydroxyl groups excluding tert-OH is 1. The van der Waals surface area contributed by atoms with Gasteiger partial charge in [0.2, 0.25) is 0 Å². The smallest absolute Gasteiger partial charge is 0.311 e. The van der Waals surface area contributed by atoms with Gasteiger partial charge in [-0.3, -0.25) is 4.79 Å². The van der Waals surface area contributed by atoms with Crippen LogP contribution in [-0.4, -0.2) is 43.3 Å². The van der Waals surface area contributed by atoms with Gasteiger partial charge in [-0.1, -0.05) is 39.3 Å². The van der Waals surface area contributed by atoms with Crippen LogP contribution >= 0.6 is 0 Å². The maximum absolute atomic E-state index is 12.2. The molecule has 5 heteroatoms. The van der Waals surface area contributed by atoms with Crippen molar-refractivity contribution in [2.24, 2.45) is 28.1 Å². The number of rotatable bonds is 1. The quantitative estimate of drug-likeness (QED) is 0.559. The summed E-state index contributed by atoms with van der Waals surface area (Å²) < 4.78 is 17.3. The van der Waals surface area contributed by atoms with Crippen LogP contribution in [-0.2, 0) is 19.0 Å². The van der Waals surface area contributed by atoms with Crippen LogP contribution in [0.3, 0.4) is 0 Å². The van der Waals surface area contributed by atoms with Gasteiger partial charge in [0, 0.05) is 17.3 Å². The van der Waals surface area contributed by atoms with Crippen LogP contribution in [0.15, 0.2) is 11.6 Å². The monoisotopic (exact) mass is 378 g/mol. The first-order chi connectivity index (χ1) is 12.6. The van der Waals surface area contributed by atoms with Gasteiger partial charge in [-0.25, -0.2) is 0 Å². The molecule has 5 nitrogen and oxygen atoms in total. The Morgan fingerprint density at radius 3 is 2.41 bits per heavy atom. The molecular formula is C22H34O5. The number of methoxy groups -OCH3 is 1.